The maximum Gasteiger partial charge on any atom is 0.0998 e. The first-order valence-electron chi connectivity index (χ1n) is 9.54. The summed E-state index contributed by atoms with van der Waals surface area (Å²) in [5, 5.41) is 10.3. The maximum absolute atomic E-state index is 9.64. The Labute approximate surface area is 168 Å². The maximum atomic E-state index is 9.64. The van der Waals surface area contributed by atoms with Crippen LogP contribution in [0.25, 0.3) is 11.6 Å². The molecular weight excluding hydrogens is 352 g/mol. The molecule has 0 spiro atoms. The Balaban J connectivity index is 2.06. The summed E-state index contributed by atoms with van der Waals surface area (Å²) in [4.78, 5) is 2.53. The number of halogens is 1. The van der Waals surface area contributed by atoms with E-state index < -0.39 is 0 Å². The molecule has 2 aromatic carbocycles. The van der Waals surface area contributed by atoms with Crippen LogP contribution in [-0.4, -0.2) is 11.6 Å². The van der Waals surface area contributed by atoms with Crippen LogP contribution in [0.3, 0.4) is 0 Å². The summed E-state index contributed by atoms with van der Waals surface area (Å²) >= 11 is 6.09. The zero-order valence-corrected chi connectivity index (χ0v) is 17.5. The summed E-state index contributed by atoms with van der Waals surface area (Å²) in [5.41, 5.74) is 5.34. The predicted molar refractivity (Wildman–Crippen MR) is 116 cm³/mol. The monoisotopic (exact) mass is 378 g/mol. The molecule has 0 radical (unpaired) electrons. The number of benzene rings is 2. The van der Waals surface area contributed by atoms with Gasteiger partial charge in [0.1, 0.15) is 0 Å². The van der Waals surface area contributed by atoms with E-state index in [4.69, 9.17) is 11.6 Å². The van der Waals surface area contributed by atoms with Gasteiger partial charge < -0.3 is 4.90 Å². The van der Waals surface area contributed by atoms with Crippen molar-refractivity contribution in [2.24, 2.45) is 0 Å². The van der Waals surface area contributed by atoms with Crippen LogP contribution in [0.2, 0.25) is 5.02 Å². The highest BCUT2D eigenvalue weighted by Gasteiger charge is 2.37. The van der Waals surface area contributed by atoms with Crippen LogP contribution in [0.5, 0.6) is 0 Å². The van der Waals surface area contributed by atoms with E-state index in [0.29, 0.717) is 22.6 Å². The molecule has 0 N–H and O–H groups in total. The lowest BCUT2D eigenvalue weighted by Gasteiger charge is -2.50. The number of allylic oxidation sites excluding steroid dienone is 1. The third-order valence-corrected chi connectivity index (χ3v) is 5.62. The number of hydrogen-bond donors (Lipinski definition) is 0. The molecule has 1 atom stereocenters. The van der Waals surface area contributed by atoms with E-state index in [0.717, 1.165) is 17.5 Å². The fraction of sp³-hybridized carbons (Fsp3) is 0.375. The van der Waals surface area contributed by atoms with Crippen molar-refractivity contribution in [2.75, 3.05) is 4.90 Å². The molecule has 3 rings (SSSR count). The topological polar surface area (TPSA) is 27.0 Å². The number of nitriles is 1. The molecule has 3 heteroatoms. The Bertz CT molecular complexity index is 918. The summed E-state index contributed by atoms with van der Waals surface area (Å²) in [6.45, 7) is 11.5. The first kappa shape index (κ1) is 19.5. The highest BCUT2D eigenvalue weighted by molar-refractivity contribution is 6.30. The Morgan fingerprint density at radius 2 is 2.00 bits per heavy atom. The van der Waals surface area contributed by atoms with E-state index >= 15 is 0 Å². The van der Waals surface area contributed by atoms with Gasteiger partial charge in [0.2, 0.25) is 0 Å². The third-order valence-electron chi connectivity index (χ3n) is 5.38. The lowest BCUT2D eigenvalue weighted by molar-refractivity contribution is 0.356. The number of rotatable bonds is 3. The highest BCUT2D eigenvalue weighted by Crippen LogP contribution is 2.44. The summed E-state index contributed by atoms with van der Waals surface area (Å²) in [6.07, 6.45) is 3.07. The van der Waals surface area contributed by atoms with Crippen LogP contribution < -0.4 is 4.90 Å². The summed E-state index contributed by atoms with van der Waals surface area (Å²) in [7, 11) is 0. The average Bonchev–Trinajstić information content (AvgIpc) is 2.59. The van der Waals surface area contributed by atoms with E-state index in [9.17, 15) is 5.26 Å². The smallest absolute Gasteiger partial charge is 0.0998 e. The lowest BCUT2D eigenvalue weighted by Crippen LogP contribution is -2.51. The molecular formula is C24H27ClN2. The second-order valence-corrected chi connectivity index (χ2v) is 8.82. The normalized spacial score (nSPS) is 19.0. The van der Waals surface area contributed by atoms with E-state index in [1.54, 1.807) is 0 Å². The Morgan fingerprint density at radius 3 is 2.63 bits per heavy atom. The van der Waals surface area contributed by atoms with Gasteiger partial charge in [0.05, 0.1) is 11.6 Å². The molecule has 0 aromatic heterocycles. The molecule has 27 heavy (non-hydrogen) atoms. The number of nitrogens with zero attached hydrogens (tertiary/aromatic N) is 2. The molecule has 2 aromatic rings. The van der Waals surface area contributed by atoms with Gasteiger partial charge in [-0.05, 0) is 87.1 Å². The van der Waals surface area contributed by atoms with Crippen LogP contribution in [0.15, 0.2) is 42.5 Å². The van der Waals surface area contributed by atoms with Gasteiger partial charge in [-0.2, -0.15) is 5.26 Å². The second-order valence-electron chi connectivity index (χ2n) is 8.38. The molecule has 0 bridgehead atoms. The van der Waals surface area contributed by atoms with Crippen molar-refractivity contribution in [3.63, 3.8) is 0 Å². The molecule has 1 heterocycles. The van der Waals surface area contributed by atoms with Crippen LogP contribution >= 0.6 is 11.6 Å². The summed E-state index contributed by atoms with van der Waals surface area (Å²) < 4.78 is 0. The predicted octanol–water partition coefficient (Wildman–Crippen LogP) is 6.90. The van der Waals surface area contributed by atoms with E-state index in [-0.39, 0.29) is 5.54 Å². The largest absolute Gasteiger partial charge is 0.364 e. The quantitative estimate of drug-likeness (QED) is 0.428. The first-order valence-corrected chi connectivity index (χ1v) is 9.92. The molecule has 0 saturated heterocycles. The summed E-state index contributed by atoms with van der Waals surface area (Å²) in [5.74, 6) is 0.482. The Kier molecular flexibility index (Phi) is 5.36. The minimum Gasteiger partial charge on any atom is -0.364 e. The van der Waals surface area contributed by atoms with Crippen LogP contribution in [0.1, 0.15) is 63.6 Å². The molecule has 0 fully saturated rings. The van der Waals surface area contributed by atoms with Crippen molar-refractivity contribution in [1.29, 1.82) is 5.26 Å². The van der Waals surface area contributed by atoms with Crippen molar-refractivity contribution in [3.8, 4) is 6.07 Å². The van der Waals surface area contributed by atoms with E-state index in [1.165, 1.54) is 11.3 Å². The highest BCUT2D eigenvalue weighted by atomic mass is 35.5. The second kappa shape index (κ2) is 7.41. The van der Waals surface area contributed by atoms with Gasteiger partial charge in [0.25, 0.3) is 0 Å². The molecule has 140 valence electrons. The molecule has 1 aliphatic heterocycles. The number of anilines is 1. The van der Waals surface area contributed by atoms with Crippen molar-refractivity contribution in [3.05, 3.63) is 64.2 Å². The minimum atomic E-state index is 0.135. The molecule has 0 saturated carbocycles. The van der Waals surface area contributed by atoms with Crippen LogP contribution in [0.4, 0.5) is 5.69 Å². The lowest BCUT2D eigenvalue weighted by atomic mass is 9.78. The van der Waals surface area contributed by atoms with Crippen molar-refractivity contribution in [1.82, 2.24) is 0 Å². The molecule has 2 nitrogen and oxygen atoms in total. The van der Waals surface area contributed by atoms with E-state index in [1.807, 2.05) is 30.3 Å². The molecule has 1 aliphatic rings. The number of fused-ring (bicyclic) bond motifs is 1. The SMILES string of the molecule is CC1CC(C)(C)N(C(C)C)c2ccc(/C=C(/C#N)c3cccc(Cl)c3)cc21. The zero-order valence-electron chi connectivity index (χ0n) is 16.8. The minimum absolute atomic E-state index is 0.135. The first-order chi connectivity index (χ1) is 12.7. The number of hydrogen-bond acceptors (Lipinski definition) is 2. The zero-order chi connectivity index (χ0) is 19.8. The van der Waals surface area contributed by atoms with Crippen molar-refractivity contribution >= 4 is 28.9 Å². The fourth-order valence-corrected chi connectivity index (χ4v) is 4.73. The Hall–Kier alpha value is -2.24. The van der Waals surface area contributed by atoms with Crippen molar-refractivity contribution in [2.45, 2.75) is 58.5 Å². The molecule has 0 aliphatic carbocycles. The van der Waals surface area contributed by atoms with Gasteiger partial charge in [-0.15, -0.1) is 0 Å². The van der Waals surface area contributed by atoms with Gasteiger partial charge in [-0.25, -0.2) is 0 Å². The molecule has 0 amide bonds. The van der Waals surface area contributed by atoms with Crippen molar-refractivity contribution < 1.29 is 0 Å². The fourth-order valence-electron chi connectivity index (χ4n) is 4.54. The van der Waals surface area contributed by atoms with E-state index in [2.05, 4.69) is 63.8 Å². The third kappa shape index (κ3) is 3.89. The van der Waals surface area contributed by atoms with Gasteiger partial charge in [0.15, 0.2) is 0 Å². The van der Waals surface area contributed by atoms with Crippen LogP contribution in [0, 0.1) is 11.3 Å². The standard InChI is InChI=1S/C24H27ClN2/c1-16(2)27-23-10-9-18(12-22(23)17(3)14-24(27,4)5)11-20(15-26)19-7-6-8-21(25)13-19/h6-13,16-17H,14H2,1-5H3/b20-11-. The van der Waals surface area contributed by atoms with Gasteiger partial charge in [-0.1, -0.05) is 36.7 Å². The van der Waals surface area contributed by atoms with Gasteiger partial charge >= 0.3 is 0 Å². The Morgan fingerprint density at radius 1 is 1.26 bits per heavy atom. The van der Waals surface area contributed by atoms with Crippen LogP contribution in [-0.2, 0) is 0 Å². The molecule has 1 unspecified atom stereocenters. The van der Waals surface area contributed by atoms with Gasteiger partial charge in [0, 0.05) is 22.3 Å². The van der Waals surface area contributed by atoms with Gasteiger partial charge in [-0.3, -0.25) is 0 Å². The average molecular weight is 379 g/mol. The summed E-state index contributed by atoms with van der Waals surface area (Å²) in [6, 6.07) is 16.8.